The van der Waals surface area contributed by atoms with Gasteiger partial charge in [-0.25, -0.2) is 0 Å². The zero-order chi connectivity index (χ0) is 18.1. The standard InChI is InChI=1S/C20H22N2O3/c1-25-18-9-5-8-16(14-18)10-11-20(24)22(13-12-19(21)23)15-17-6-3-2-4-7-17/h2-11,14H,12-13,15H2,1H3,(H2,21,23)/b11-10-. The molecule has 0 spiro atoms. The van der Waals surface area contributed by atoms with Crippen LogP contribution in [-0.4, -0.2) is 30.4 Å². The predicted molar refractivity (Wildman–Crippen MR) is 97.7 cm³/mol. The minimum absolute atomic E-state index is 0.131. The Kier molecular flexibility index (Phi) is 6.77. The maximum absolute atomic E-state index is 12.5. The van der Waals surface area contributed by atoms with Gasteiger partial charge in [-0.05, 0) is 29.3 Å². The fourth-order valence-electron chi connectivity index (χ4n) is 2.33. The number of hydrogen-bond acceptors (Lipinski definition) is 3. The lowest BCUT2D eigenvalue weighted by Crippen LogP contribution is -2.32. The van der Waals surface area contributed by atoms with E-state index in [1.165, 1.54) is 6.08 Å². The summed E-state index contributed by atoms with van der Waals surface area (Å²) in [6.07, 6.45) is 3.36. The fourth-order valence-corrected chi connectivity index (χ4v) is 2.33. The second-order valence-electron chi connectivity index (χ2n) is 5.57. The Bertz CT molecular complexity index is 742. The van der Waals surface area contributed by atoms with Crippen LogP contribution in [0.3, 0.4) is 0 Å². The van der Waals surface area contributed by atoms with Crippen LogP contribution in [-0.2, 0) is 16.1 Å². The molecule has 2 aromatic rings. The molecule has 0 aromatic heterocycles. The topological polar surface area (TPSA) is 72.6 Å². The maximum atomic E-state index is 12.5. The molecule has 0 aliphatic carbocycles. The molecular weight excluding hydrogens is 316 g/mol. The molecule has 130 valence electrons. The van der Waals surface area contributed by atoms with Gasteiger partial charge in [0.2, 0.25) is 11.8 Å². The first kappa shape index (κ1) is 18.3. The van der Waals surface area contributed by atoms with Gasteiger partial charge in [-0.2, -0.15) is 0 Å². The number of amides is 2. The van der Waals surface area contributed by atoms with Crippen molar-refractivity contribution in [3.63, 3.8) is 0 Å². The van der Waals surface area contributed by atoms with Gasteiger partial charge in [0, 0.05) is 25.6 Å². The Morgan fingerprint density at radius 1 is 1.12 bits per heavy atom. The third-order valence-electron chi connectivity index (χ3n) is 3.67. The van der Waals surface area contributed by atoms with Crippen molar-refractivity contribution in [2.75, 3.05) is 13.7 Å². The molecule has 0 aliphatic rings. The molecule has 0 aliphatic heterocycles. The number of benzene rings is 2. The fraction of sp³-hybridized carbons (Fsp3) is 0.200. The zero-order valence-electron chi connectivity index (χ0n) is 14.2. The summed E-state index contributed by atoms with van der Waals surface area (Å²) in [5.41, 5.74) is 7.08. The average Bonchev–Trinajstić information content (AvgIpc) is 2.64. The predicted octanol–water partition coefficient (Wildman–Crippen LogP) is 2.61. The Hall–Kier alpha value is -3.08. The molecule has 2 N–H and O–H groups in total. The monoisotopic (exact) mass is 338 g/mol. The number of nitrogens with zero attached hydrogens (tertiary/aromatic N) is 1. The van der Waals surface area contributed by atoms with E-state index in [9.17, 15) is 9.59 Å². The molecular formula is C20H22N2O3. The summed E-state index contributed by atoms with van der Waals surface area (Å²) in [6.45, 7) is 0.709. The van der Waals surface area contributed by atoms with Crippen molar-refractivity contribution >= 4 is 17.9 Å². The lowest BCUT2D eigenvalue weighted by molar-refractivity contribution is -0.127. The van der Waals surface area contributed by atoms with Gasteiger partial charge in [0.1, 0.15) is 5.75 Å². The zero-order valence-corrected chi connectivity index (χ0v) is 14.2. The number of primary amides is 1. The van der Waals surface area contributed by atoms with Gasteiger partial charge in [0.15, 0.2) is 0 Å². The number of ether oxygens (including phenoxy) is 1. The largest absolute Gasteiger partial charge is 0.497 e. The van der Waals surface area contributed by atoms with E-state index in [0.717, 1.165) is 16.9 Å². The van der Waals surface area contributed by atoms with E-state index in [4.69, 9.17) is 10.5 Å². The second kappa shape index (κ2) is 9.27. The number of carbonyl (C=O) groups excluding carboxylic acids is 2. The Labute approximate surface area is 147 Å². The van der Waals surface area contributed by atoms with Crippen molar-refractivity contribution in [3.8, 4) is 5.75 Å². The third kappa shape index (κ3) is 6.14. The first-order chi connectivity index (χ1) is 12.1. The highest BCUT2D eigenvalue weighted by Crippen LogP contribution is 2.14. The van der Waals surface area contributed by atoms with E-state index in [2.05, 4.69) is 0 Å². The normalized spacial score (nSPS) is 10.6. The first-order valence-corrected chi connectivity index (χ1v) is 8.02. The molecule has 25 heavy (non-hydrogen) atoms. The quantitative estimate of drug-likeness (QED) is 0.752. The molecule has 5 heteroatoms. The third-order valence-corrected chi connectivity index (χ3v) is 3.67. The van der Waals surface area contributed by atoms with E-state index in [1.807, 2.05) is 54.6 Å². The van der Waals surface area contributed by atoms with Gasteiger partial charge < -0.3 is 15.4 Å². The average molecular weight is 338 g/mol. The van der Waals surface area contributed by atoms with Gasteiger partial charge >= 0.3 is 0 Å². The summed E-state index contributed by atoms with van der Waals surface area (Å²) < 4.78 is 5.17. The van der Waals surface area contributed by atoms with Crippen molar-refractivity contribution in [1.82, 2.24) is 4.90 Å². The molecule has 5 nitrogen and oxygen atoms in total. The lowest BCUT2D eigenvalue weighted by atomic mass is 10.2. The molecule has 2 aromatic carbocycles. The highest BCUT2D eigenvalue weighted by atomic mass is 16.5. The summed E-state index contributed by atoms with van der Waals surface area (Å²) in [5, 5.41) is 0. The van der Waals surface area contributed by atoms with Crippen LogP contribution in [0.15, 0.2) is 60.7 Å². The number of nitrogens with two attached hydrogens (primary N) is 1. The molecule has 0 heterocycles. The first-order valence-electron chi connectivity index (χ1n) is 8.02. The van der Waals surface area contributed by atoms with Crippen LogP contribution >= 0.6 is 0 Å². The second-order valence-corrected chi connectivity index (χ2v) is 5.57. The number of methoxy groups -OCH3 is 1. The molecule has 0 atom stereocenters. The van der Waals surface area contributed by atoms with Crippen molar-refractivity contribution in [2.45, 2.75) is 13.0 Å². The van der Waals surface area contributed by atoms with Crippen LogP contribution in [0.5, 0.6) is 5.75 Å². The summed E-state index contributed by atoms with van der Waals surface area (Å²) in [7, 11) is 1.60. The van der Waals surface area contributed by atoms with Gasteiger partial charge in [0.05, 0.1) is 7.11 Å². The smallest absolute Gasteiger partial charge is 0.246 e. The number of rotatable bonds is 8. The summed E-state index contributed by atoms with van der Waals surface area (Å²) in [6, 6.07) is 17.1. The van der Waals surface area contributed by atoms with E-state index in [1.54, 1.807) is 18.1 Å². The molecule has 2 rings (SSSR count). The van der Waals surface area contributed by atoms with Crippen molar-refractivity contribution in [1.29, 1.82) is 0 Å². The van der Waals surface area contributed by atoms with E-state index >= 15 is 0 Å². The summed E-state index contributed by atoms with van der Waals surface area (Å²) >= 11 is 0. The van der Waals surface area contributed by atoms with Gasteiger partial charge in [-0.1, -0.05) is 42.5 Å². The van der Waals surface area contributed by atoms with Crippen LogP contribution in [0.4, 0.5) is 0 Å². The number of hydrogen-bond donors (Lipinski definition) is 1. The summed E-state index contributed by atoms with van der Waals surface area (Å²) in [5.74, 6) is 0.125. The molecule has 0 bridgehead atoms. The molecule has 2 amide bonds. The van der Waals surface area contributed by atoms with E-state index in [0.29, 0.717) is 6.54 Å². The van der Waals surface area contributed by atoms with Crippen molar-refractivity contribution in [2.24, 2.45) is 5.73 Å². The van der Waals surface area contributed by atoms with Crippen LogP contribution < -0.4 is 10.5 Å². The van der Waals surface area contributed by atoms with Crippen molar-refractivity contribution < 1.29 is 14.3 Å². The van der Waals surface area contributed by atoms with Crippen LogP contribution in [0.2, 0.25) is 0 Å². The van der Waals surface area contributed by atoms with E-state index < -0.39 is 5.91 Å². The maximum Gasteiger partial charge on any atom is 0.246 e. The van der Waals surface area contributed by atoms with Crippen molar-refractivity contribution in [3.05, 3.63) is 71.8 Å². The highest BCUT2D eigenvalue weighted by molar-refractivity contribution is 5.92. The Morgan fingerprint density at radius 2 is 1.88 bits per heavy atom. The summed E-state index contributed by atoms with van der Waals surface area (Å²) in [4.78, 5) is 25.2. The molecule has 0 fully saturated rings. The number of carbonyl (C=O) groups is 2. The molecule has 0 saturated heterocycles. The van der Waals surface area contributed by atoms with Gasteiger partial charge in [0.25, 0.3) is 0 Å². The lowest BCUT2D eigenvalue weighted by Gasteiger charge is -2.20. The molecule has 0 radical (unpaired) electrons. The highest BCUT2D eigenvalue weighted by Gasteiger charge is 2.12. The van der Waals surface area contributed by atoms with Crippen LogP contribution in [0, 0.1) is 0 Å². The molecule has 0 unspecified atom stereocenters. The van der Waals surface area contributed by atoms with Gasteiger partial charge in [-0.15, -0.1) is 0 Å². The van der Waals surface area contributed by atoms with Crippen LogP contribution in [0.25, 0.3) is 6.08 Å². The van der Waals surface area contributed by atoms with Crippen LogP contribution in [0.1, 0.15) is 17.5 Å². The minimum atomic E-state index is -0.428. The van der Waals surface area contributed by atoms with E-state index in [-0.39, 0.29) is 18.9 Å². The molecule has 0 saturated carbocycles. The Morgan fingerprint density at radius 3 is 2.56 bits per heavy atom. The minimum Gasteiger partial charge on any atom is -0.497 e. The Balaban J connectivity index is 2.10. The van der Waals surface area contributed by atoms with Gasteiger partial charge in [-0.3, -0.25) is 9.59 Å². The SMILES string of the molecule is COc1cccc(/C=C\C(=O)N(CCC(N)=O)Cc2ccccc2)c1.